The molecule has 1 heterocycles. The van der Waals surface area contributed by atoms with Crippen molar-refractivity contribution in [3.63, 3.8) is 0 Å². The maximum absolute atomic E-state index is 12.5. The van der Waals surface area contributed by atoms with Crippen molar-refractivity contribution in [1.82, 2.24) is 0 Å². The third-order valence-electron chi connectivity index (χ3n) is 4.21. The predicted molar refractivity (Wildman–Crippen MR) is 95.2 cm³/mol. The molecule has 0 saturated carbocycles. The fraction of sp³-hybridized carbons (Fsp3) is 0.222. The third kappa shape index (κ3) is 3.64. The molecule has 0 aromatic heterocycles. The van der Waals surface area contributed by atoms with Crippen LogP contribution in [0.5, 0.6) is 5.75 Å². The van der Waals surface area contributed by atoms with Crippen LogP contribution in [0.4, 0.5) is 17.1 Å². The van der Waals surface area contributed by atoms with Crippen molar-refractivity contribution in [3.8, 4) is 5.75 Å². The minimum absolute atomic E-state index is 0.0484. The summed E-state index contributed by atoms with van der Waals surface area (Å²) >= 11 is 0. The molecule has 1 aliphatic heterocycles. The van der Waals surface area contributed by atoms with Gasteiger partial charge in [-0.05, 0) is 24.3 Å². The number of nitro benzene ring substituents is 1. The van der Waals surface area contributed by atoms with Gasteiger partial charge in [-0.15, -0.1) is 0 Å². The second-order valence-electron chi connectivity index (χ2n) is 5.90. The SMILES string of the molecule is COc1cccc(NC(=O)[C@@H]2CC(=O)N(c3ccc([N+](=O)[O-])cc3)C2)c1. The predicted octanol–water partition coefficient (Wildman–Crippen LogP) is 2.60. The molecule has 26 heavy (non-hydrogen) atoms. The van der Waals surface area contributed by atoms with Gasteiger partial charge < -0.3 is 15.0 Å². The second-order valence-corrected chi connectivity index (χ2v) is 5.90. The molecule has 1 fully saturated rings. The summed E-state index contributed by atoms with van der Waals surface area (Å²) in [7, 11) is 1.54. The topological polar surface area (TPSA) is 102 Å². The maximum atomic E-state index is 12.5. The Bertz CT molecular complexity index is 850. The summed E-state index contributed by atoms with van der Waals surface area (Å²) in [5.41, 5.74) is 1.08. The fourth-order valence-corrected chi connectivity index (χ4v) is 2.83. The number of anilines is 2. The number of non-ortho nitro benzene ring substituents is 1. The standard InChI is InChI=1S/C18H17N3O5/c1-26-16-4-2-3-13(10-16)19-18(23)12-9-17(22)20(11-12)14-5-7-15(8-6-14)21(24)25/h2-8,10,12H,9,11H2,1H3,(H,19,23)/t12-/m1/s1. The number of hydrogen-bond acceptors (Lipinski definition) is 5. The summed E-state index contributed by atoms with van der Waals surface area (Å²) in [5, 5.41) is 13.5. The van der Waals surface area contributed by atoms with Crippen LogP contribution in [0.25, 0.3) is 0 Å². The summed E-state index contributed by atoms with van der Waals surface area (Å²) in [6.45, 7) is 0.229. The number of amides is 2. The van der Waals surface area contributed by atoms with E-state index < -0.39 is 10.8 Å². The summed E-state index contributed by atoms with van der Waals surface area (Å²) in [4.78, 5) is 36.4. The van der Waals surface area contributed by atoms with Crippen molar-refractivity contribution >= 4 is 28.9 Å². The number of carbonyl (C=O) groups is 2. The highest BCUT2D eigenvalue weighted by Gasteiger charge is 2.35. The van der Waals surface area contributed by atoms with Crippen LogP contribution in [0.3, 0.4) is 0 Å². The minimum atomic E-state index is -0.500. The zero-order chi connectivity index (χ0) is 18.7. The van der Waals surface area contributed by atoms with Gasteiger partial charge in [0.1, 0.15) is 5.75 Å². The average Bonchev–Trinajstić information content (AvgIpc) is 3.04. The molecular formula is C18H17N3O5. The molecule has 2 amide bonds. The molecule has 1 saturated heterocycles. The number of nitro groups is 1. The summed E-state index contributed by atoms with van der Waals surface area (Å²) in [6.07, 6.45) is 0.0901. The molecule has 134 valence electrons. The number of ether oxygens (including phenoxy) is 1. The Labute approximate surface area is 149 Å². The highest BCUT2D eigenvalue weighted by Crippen LogP contribution is 2.28. The van der Waals surface area contributed by atoms with Crippen molar-refractivity contribution in [2.75, 3.05) is 23.9 Å². The molecule has 2 aromatic rings. The minimum Gasteiger partial charge on any atom is -0.497 e. The molecule has 0 bridgehead atoms. The number of methoxy groups -OCH3 is 1. The van der Waals surface area contributed by atoms with Crippen LogP contribution >= 0.6 is 0 Å². The lowest BCUT2D eigenvalue weighted by atomic mass is 10.1. The first kappa shape index (κ1) is 17.4. The Balaban J connectivity index is 1.68. The highest BCUT2D eigenvalue weighted by molar-refractivity contribution is 6.03. The Morgan fingerprint density at radius 1 is 1.27 bits per heavy atom. The van der Waals surface area contributed by atoms with Crippen LogP contribution < -0.4 is 15.0 Å². The zero-order valence-electron chi connectivity index (χ0n) is 14.0. The summed E-state index contributed by atoms with van der Waals surface area (Å²) in [6, 6.07) is 12.7. The number of benzene rings is 2. The van der Waals surface area contributed by atoms with Gasteiger partial charge in [0, 0.05) is 42.5 Å². The van der Waals surface area contributed by atoms with E-state index in [0.29, 0.717) is 17.1 Å². The van der Waals surface area contributed by atoms with Gasteiger partial charge in [0.2, 0.25) is 11.8 Å². The van der Waals surface area contributed by atoms with Crippen LogP contribution in [0, 0.1) is 16.0 Å². The molecule has 1 atom stereocenters. The summed E-state index contributed by atoms with van der Waals surface area (Å²) < 4.78 is 5.12. The molecule has 1 aliphatic rings. The molecular weight excluding hydrogens is 338 g/mol. The Morgan fingerprint density at radius 3 is 2.65 bits per heavy atom. The van der Waals surface area contributed by atoms with E-state index in [1.807, 2.05) is 0 Å². The monoisotopic (exact) mass is 355 g/mol. The van der Waals surface area contributed by atoms with Crippen molar-refractivity contribution in [2.45, 2.75) is 6.42 Å². The molecule has 0 spiro atoms. The van der Waals surface area contributed by atoms with E-state index in [2.05, 4.69) is 5.32 Å². The lowest BCUT2D eigenvalue weighted by Crippen LogP contribution is -2.28. The molecule has 0 aliphatic carbocycles. The molecule has 0 unspecified atom stereocenters. The Hall–Kier alpha value is -3.42. The van der Waals surface area contributed by atoms with Crippen molar-refractivity contribution in [2.24, 2.45) is 5.92 Å². The van der Waals surface area contributed by atoms with Crippen LogP contribution in [0.2, 0.25) is 0 Å². The van der Waals surface area contributed by atoms with Gasteiger partial charge in [0.15, 0.2) is 0 Å². The molecule has 2 aromatic carbocycles. The Kier molecular flexibility index (Phi) is 4.83. The highest BCUT2D eigenvalue weighted by atomic mass is 16.6. The van der Waals surface area contributed by atoms with Crippen LogP contribution in [0.1, 0.15) is 6.42 Å². The lowest BCUT2D eigenvalue weighted by Gasteiger charge is -2.16. The lowest BCUT2D eigenvalue weighted by molar-refractivity contribution is -0.384. The van der Waals surface area contributed by atoms with E-state index >= 15 is 0 Å². The van der Waals surface area contributed by atoms with E-state index in [1.165, 1.54) is 29.2 Å². The van der Waals surface area contributed by atoms with Gasteiger partial charge in [0.05, 0.1) is 18.0 Å². The number of carbonyl (C=O) groups excluding carboxylic acids is 2. The van der Waals surface area contributed by atoms with Gasteiger partial charge in [-0.25, -0.2) is 0 Å². The van der Waals surface area contributed by atoms with Gasteiger partial charge in [-0.3, -0.25) is 19.7 Å². The summed E-state index contributed by atoms with van der Waals surface area (Å²) in [5.74, 6) is -0.317. The fourth-order valence-electron chi connectivity index (χ4n) is 2.83. The van der Waals surface area contributed by atoms with Gasteiger partial charge >= 0.3 is 0 Å². The molecule has 1 N–H and O–H groups in total. The molecule has 0 radical (unpaired) electrons. The van der Waals surface area contributed by atoms with Crippen LogP contribution in [0.15, 0.2) is 48.5 Å². The van der Waals surface area contributed by atoms with E-state index in [4.69, 9.17) is 4.74 Å². The first-order chi connectivity index (χ1) is 12.5. The quantitative estimate of drug-likeness (QED) is 0.656. The Morgan fingerprint density at radius 2 is 2.00 bits per heavy atom. The van der Waals surface area contributed by atoms with E-state index in [0.717, 1.165) is 0 Å². The largest absolute Gasteiger partial charge is 0.497 e. The van der Waals surface area contributed by atoms with Crippen molar-refractivity contribution < 1.29 is 19.2 Å². The van der Waals surface area contributed by atoms with E-state index in [9.17, 15) is 19.7 Å². The van der Waals surface area contributed by atoms with Gasteiger partial charge in [-0.2, -0.15) is 0 Å². The van der Waals surface area contributed by atoms with E-state index in [-0.39, 0.29) is 30.5 Å². The number of hydrogen-bond donors (Lipinski definition) is 1. The second kappa shape index (κ2) is 7.22. The first-order valence-electron chi connectivity index (χ1n) is 7.97. The molecule has 8 heteroatoms. The first-order valence-corrected chi connectivity index (χ1v) is 7.97. The molecule has 3 rings (SSSR count). The zero-order valence-corrected chi connectivity index (χ0v) is 14.0. The average molecular weight is 355 g/mol. The maximum Gasteiger partial charge on any atom is 0.269 e. The van der Waals surface area contributed by atoms with E-state index in [1.54, 1.807) is 31.4 Å². The normalized spacial score (nSPS) is 16.4. The van der Waals surface area contributed by atoms with Crippen molar-refractivity contribution in [1.29, 1.82) is 0 Å². The number of nitrogens with one attached hydrogen (secondary N) is 1. The van der Waals surface area contributed by atoms with Crippen molar-refractivity contribution in [3.05, 3.63) is 58.6 Å². The third-order valence-corrected chi connectivity index (χ3v) is 4.21. The molecule has 8 nitrogen and oxygen atoms in total. The number of rotatable bonds is 5. The van der Waals surface area contributed by atoms with Gasteiger partial charge in [0.25, 0.3) is 5.69 Å². The smallest absolute Gasteiger partial charge is 0.269 e. The van der Waals surface area contributed by atoms with Crippen LogP contribution in [-0.2, 0) is 9.59 Å². The van der Waals surface area contributed by atoms with Gasteiger partial charge in [-0.1, -0.05) is 6.07 Å². The number of nitrogens with zero attached hydrogens (tertiary/aromatic N) is 2. The van der Waals surface area contributed by atoms with Crippen LogP contribution in [-0.4, -0.2) is 30.4 Å².